The van der Waals surface area contributed by atoms with E-state index in [1.165, 1.54) is 12.3 Å². The van der Waals surface area contributed by atoms with Crippen molar-refractivity contribution < 1.29 is 9.13 Å². The molecule has 0 saturated carbocycles. The molecule has 1 saturated heterocycles. The Bertz CT molecular complexity index is 283. The molecule has 0 bridgehead atoms. The van der Waals surface area contributed by atoms with Gasteiger partial charge in [0.1, 0.15) is 17.6 Å². The van der Waals surface area contributed by atoms with Crippen molar-refractivity contribution in [2.75, 3.05) is 6.61 Å². The monoisotopic (exact) mass is 168 g/mol. The van der Waals surface area contributed by atoms with Crippen LogP contribution in [0.4, 0.5) is 4.39 Å². The van der Waals surface area contributed by atoms with Crippen LogP contribution in [0.5, 0.6) is 0 Å². The lowest BCUT2D eigenvalue weighted by Crippen LogP contribution is -2.41. The molecule has 2 aliphatic rings. The van der Waals surface area contributed by atoms with Gasteiger partial charge in [-0.25, -0.2) is 4.39 Å². The van der Waals surface area contributed by atoms with Crippen molar-refractivity contribution in [1.29, 1.82) is 5.41 Å². The molecule has 2 heterocycles. The lowest BCUT2D eigenvalue weighted by atomic mass is 10.0. The van der Waals surface area contributed by atoms with E-state index in [-0.39, 0.29) is 11.9 Å². The molecule has 2 aliphatic heterocycles. The number of ether oxygens (including phenoxy) is 1. The molecule has 3 nitrogen and oxygen atoms in total. The number of dihydropyridines is 1. The number of hydrogen-bond acceptors (Lipinski definition) is 3. The SMILES string of the molecule is N=C1CCOC2=CC(F)=CNC12. The average molecular weight is 168 g/mol. The molecular weight excluding hydrogens is 159 g/mol. The fourth-order valence-corrected chi connectivity index (χ4v) is 1.33. The molecule has 12 heavy (non-hydrogen) atoms. The normalized spacial score (nSPS) is 27.8. The highest BCUT2D eigenvalue weighted by atomic mass is 19.1. The molecule has 1 unspecified atom stereocenters. The average Bonchev–Trinajstić information content (AvgIpc) is 2.04. The maximum absolute atomic E-state index is 12.7. The van der Waals surface area contributed by atoms with Crippen LogP contribution in [0.2, 0.25) is 0 Å². The molecule has 0 aromatic carbocycles. The van der Waals surface area contributed by atoms with E-state index >= 15 is 0 Å². The molecule has 0 aliphatic carbocycles. The highest BCUT2D eigenvalue weighted by Gasteiger charge is 2.26. The molecule has 64 valence electrons. The van der Waals surface area contributed by atoms with Crippen LogP contribution in [0.25, 0.3) is 0 Å². The Morgan fingerprint density at radius 1 is 1.67 bits per heavy atom. The zero-order valence-corrected chi connectivity index (χ0v) is 6.43. The summed E-state index contributed by atoms with van der Waals surface area (Å²) in [5.41, 5.74) is 0.552. The minimum absolute atomic E-state index is 0.238. The Labute approximate surface area is 69.4 Å². The first-order valence-electron chi connectivity index (χ1n) is 3.81. The third-order valence-electron chi connectivity index (χ3n) is 1.94. The number of fused-ring (bicyclic) bond motifs is 1. The van der Waals surface area contributed by atoms with E-state index in [0.29, 0.717) is 24.5 Å². The Kier molecular flexibility index (Phi) is 1.60. The second-order valence-electron chi connectivity index (χ2n) is 2.80. The van der Waals surface area contributed by atoms with Crippen LogP contribution < -0.4 is 5.32 Å². The van der Waals surface area contributed by atoms with Crippen LogP contribution in [0, 0.1) is 5.41 Å². The van der Waals surface area contributed by atoms with E-state index in [4.69, 9.17) is 10.1 Å². The number of allylic oxidation sites excluding steroid dienone is 2. The molecule has 4 heteroatoms. The minimum Gasteiger partial charge on any atom is -0.495 e. The van der Waals surface area contributed by atoms with Crippen LogP contribution >= 0.6 is 0 Å². The van der Waals surface area contributed by atoms with Crippen molar-refractivity contribution in [3.05, 3.63) is 23.9 Å². The molecule has 2 N–H and O–H groups in total. The Hall–Kier alpha value is -1.32. The summed E-state index contributed by atoms with van der Waals surface area (Å²) < 4.78 is 17.9. The van der Waals surface area contributed by atoms with Crippen LogP contribution in [0.3, 0.4) is 0 Å². The van der Waals surface area contributed by atoms with E-state index in [1.54, 1.807) is 0 Å². The fourth-order valence-electron chi connectivity index (χ4n) is 1.33. The van der Waals surface area contributed by atoms with Gasteiger partial charge < -0.3 is 15.5 Å². The van der Waals surface area contributed by atoms with Crippen molar-refractivity contribution >= 4 is 5.71 Å². The van der Waals surface area contributed by atoms with Crippen LogP contribution in [-0.2, 0) is 4.74 Å². The van der Waals surface area contributed by atoms with E-state index in [9.17, 15) is 4.39 Å². The topological polar surface area (TPSA) is 45.1 Å². The Morgan fingerprint density at radius 3 is 3.33 bits per heavy atom. The van der Waals surface area contributed by atoms with Gasteiger partial charge in [0.05, 0.1) is 6.61 Å². The number of halogens is 1. The van der Waals surface area contributed by atoms with Gasteiger partial charge in [0.2, 0.25) is 0 Å². The van der Waals surface area contributed by atoms with Crippen molar-refractivity contribution in [2.24, 2.45) is 0 Å². The van der Waals surface area contributed by atoms with Crippen LogP contribution in [-0.4, -0.2) is 18.4 Å². The zero-order chi connectivity index (χ0) is 8.55. The summed E-state index contributed by atoms with van der Waals surface area (Å²) in [6.07, 6.45) is 3.21. The molecule has 0 spiro atoms. The van der Waals surface area contributed by atoms with Gasteiger partial charge in [0.25, 0.3) is 0 Å². The van der Waals surface area contributed by atoms with Crippen LogP contribution in [0.15, 0.2) is 23.9 Å². The fraction of sp³-hybridized carbons (Fsp3) is 0.375. The number of rotatable bonds is 0. The Morgan fingerprint density at radius 2 is 2.50 bits per heavy atom. The van der Waals surface area contributed by atoms with Crippen molar-refractivity contribution in [2.45, 2.75) is 12.5 Å². The third-order valence-corrected chi connectivity index (χ3v) is 1.94. The van der Waals surface area contributed by atoms with Gasteiger partial charge in [0, 0.05) is 24.4 Å². The van der Waals surface area contributed by atoms with Crippen LogP contribution in [0.1, 0.15) is 6.42 Å². The second-order valence-corrected chi connectivity index (χ2v) is 2.80. The summed E-state index contributed by atoms with van der Waals surface area (Å²) in [5, 5.41) is 10.3. The highest BCUT2D eigenvalue weighted by Crippen LogP contribution is 2.20. The molecule has 0 radical (unpaired) electrons. The van der Waals surface area contributed by atoms with Gasteiger partial charge in [0.15, 0.2) is 0 Å². The predicted molar refractivity (Wildman–Crippen MR) is 42.5 cm³/mol. The summed E-state index contributed by atoms with van der Waals surface area (Å²) in [4.78, 5) is 0. The van der Waals surface area contributed by atoms with Crippen molar-refractivity contribution in [3.63, 3.8) is 0 Å². The first-order chi connectivity index (χ1) is 5.77. The summed E-state index contributed by atoms with van der Waals surface area (Å²) in [6.45, 7) is 0.482. The molecule has 1 fully saturated rings. The van der Waals surface area contributed by atoms with Crippen molar-refractivity contribution in [1.82, 2.24) is 5.32 Å². The summed E-state index contributed by atoms with van der Waals surface area (Å²) in [5.74, 6) is 0.169. The van der Waals surface area contributed by atoms with E-state index < -0.39 is 0 Å². The van der Waals surface area contributed by atoms with Gasteiger partial charge >= 0.3 is 0 Å². The molecule has 0 amide bonds. The van der Waals surface area contributed by atoms with E-state index in [0.717, 1.165) is 0 Å². The summed E-state index contributed by atoms with van der Waals surface area (Å²) in [7, 11) is 0. The van der Waals surface area contributed by atoms with Crippen molar-refractivity contribution in [3.8, 4) is 0 Å². The first-order valence-corrected chi connectivity index (χ1v) is 3.81. The lowest BCUT2D eigenvalue weighted by molar-refractivity contribution is 0.188. The number of hydrogen-bond donors (Lipinski definition) is 2. The maximum atomic E-state index is 12.7. The molecule has 2 rings (SSSR count). The minimum atomic E-state index is -0.351. The first kappa shape index (κ1) is 7.34. The molecular formula is C8H9FN2O. The standard InChI is InChI=1S/C8H9FN2O/c9-5-3-7-8(11-4-5)6(10)1-2-12-7/h3-4,8,10-11H,1-2H2. The lowest BCUT2D eigenvalue weighted by Gasteiger charge is -2.28. The Balaban J connectivity index is 2.26. The highest BCUT2D eigenvalue weighted by molar-refractivity contribution is 5.90. The maximum Gasteiger partial charge on any atom is 0.142 e. The second kappa shape index (κ2) is 2.62. The molecule has 0 aromatic rings. The zero-order valence-electron chi connectivity index (χ0n) is 6.43. The molecule has 0 aromatic heterocycles. The number of nitrogens with one attached hydrogen (secondary N) is 2. The van der Waals surface area contributed by atoms with Gasteiger partial charge in [-0.15, -0.1) is 0 Å². The molecule has 1 atom stereocenters. The predicted octanol–water partition coefficient (Wildman–Crippen LogP) is 1.09. The summed E-state index contributed by atoms with van der Waals surface area (Å²) >= 11 is 0. The van der Waals surface area contributed by atoms with Gasteiger partial charge in [-0.05, 0) is 0 Å². The summed E-state index contributed by atoms with van der Waals surface area (Å²) in [6, 6.07) is -0.238. The largest absolute Gasteiger partial charge is 0.495 e. The van der Waals surface area contributed by atoms with E-state index in [1.807, 2.05) is 0 Å². The smallest absolute Gasteiger partial charge is 0.142 e. The quantitative estimate of drug-likeness (QED) is 0.568. The third kappa shape index (κ3) is 1.09. The van der Waals surface area contributed by atoms with Gasteiger partial charge in [-0.3, -0.25) is 0 Å². The van der Waals surface area contributed by atoms with Gasteiger partial charge in [-0.1, -0.05) is 0 Å². The van der Waals surface area contributed by atoms with E-state index in [2.05, 4.69) is 5.32 Å². The van der Waals surface area contributed by atoms with Gasteiger partial charge in [-0.2, -0.15) is 0 Å².